The lowest BCUT2D eigenvalue weighted by Crippen LogP contribution is -2.30. The number of amides is 1. The first-order valence-corrected chi connectivity index (χ1v) is 9.70. The Hall–Kier alpha value is -2.94. The van der Waals surface area contributed by atoms with Gasteiger partial charge >= 0.3 is 0 Å². The summed E-state index contributed by atoms with van der Waals surface area (Å²) in [4.78, 5) is 28.9. The molecule has 0 saturated heterocycles. The Morgan fingerprint density at radius 2 is 2.21 bits per heavy atom. The quantitative estimate of drug-likeness (QED) is 0.663. The highest BCUT2D eigenvalue weighted by Crippen LogP contribution is 2.31. The van der Waals surface area contributed by atoms with Crippen molar-refractivity contribution in [3.8, 4) is 11.3 Å². The molecule has 1 aliphatic heterocycles. The molecule has 144 valence electrons. The van der Waals surface area contributed by atoms with Gasteiger partial charge in [0.1, 0.15) is 11.5 Å². The molecule has 3 aromatic rings. The molecule has 0 radical (unpaired) electrons. The molecular weight excluding hydrogens is 383 g/mol. The average molecular weight is 400 g/mol. The van der Waals surface area contributed by atoms with Gasteiger partial charge in [-0.15, -0.1) is 0 Å². The van der Waals surface area contributed by atoms with Gasteiger partial charge in [0.05, 0.1) is 18.2 Å². The number of nitrogens with one attached hydrogen (secondary N) is 1. The first-order valence-electron chi connectivity index (χ1n) is 8.71. The fourth-order valence-electron chi connectivity index (χ4n) is 3.07. The summed E-state index contributed by atoms with van der Waals surface area (Å²) in [6.07, 6.45) is 0.169. The molecule has 1 aliphatic rings. The van der Waals surface area contributed by atoms with Crippen molar-refractivity contribution >= 4 is 17.7 Å². The highest BCUT2D eigenvalue weighted by atomic mass is 32.2. The van der Waals surface area contributed by atoms with E-state index >= 15 is 0 Å². The van der Waals surface area contributed by atoms with Crippen LogP contribution in [0.15, 0.2) is 50.9 Å². The molecule has 2 aromatic heterocycles. The highest BCUT2D eigenvalue weighted by molar-refractivity contribution is 7.99. The number of nitrogens with zero attached hydrogens (tertiary/aromatic N) is 3. The molecule has 0 saturated carbocycles. The molecule has 1 atom stereocenters. The first-order chi connectivity index (χ1) is 13.5. The van der Waals surface area contributed by atoms with Gasteiger partial charge < -0.3 is 9.84 Å². The second-order valence-corrected chi connectivity index (χ2v) is 7.48. The summed E-state index contributed by atoms with van der Waals surface area (Å²) in [6, 6.07) is 9.08. The Labute approximate surface area is 164 Å². The van der Waals surface area contributed by atoms with Gasteiger partial charge in [0.2, 0.25) is 5.91 Å². The Kier molecular flexibility index (Phi) is 4.99. The van der Waals surface area contributed by atoms with Gasteiger partial charge in [-0.05, 0) is 19.1 Å². The van der Waals surface area contributed by atoms with Crippen molar-refractivity contribution in [2.24, 2.45) is 0 Å². The monoisotopic (exact) mass is 400 g/mol. The number of halogens is 1. The number of benzene rings is 1. The van der Waals surface area contributed by atoms with Crippen LogP contribution in [0.25, 0.3) is 11.3 Å². The van der Waals surface area contributed by atoms with Crippen LogP contribution in [0, 0.1) is 12.7 Å². The van der Waals surface area contributed by atoms with E-state index in [0.29, 0.717) is 33.6 Å². The molecule has 3 heterocycles. The predicted molar refractivity (Wildman–Crippen MR) is 101 cm³/mol. The molecule has 1 N–H and O–H groups in total. The predicted octanol–water partition coefficient (Wildman–Crippen LogP) is 2.70. The second-order valence-electron chi connectivity index (χ2n) is 6.50. The van der Waals surface area contributed by atoms with Crippen LogP contribution < -0.4 is 10.9 Å². The van der Waals surface area contributed by atoms with Crippen molar-refractivity contribution < 1.29 is 13.7 Å². The third kappa shape index (κ3) is 3.70. The van der Waals surface area contributed by atoms with Crippen LogP contribution in [-0.2, 0) is 11.3 Å². The molecule has 0 fully saturated rings. The van der Waals surface area contributed by atoms with E-state index in [9.17, 15) is 14.0 Å². The first kappa shape index (κ1) is 18.4. The van der Waals surface area contributed by atoms with Crippen molar-refractivity contribution in [2.75, 3.05) is 5.75 Å². The van der Waals surface area contributed by atoms with Gasteiger partial charge in [-0.2, -0.15) is 0 Å². The number of carbonyl (C=O) groups is 1. The zero-order valence-electron chi connectivity index (χ0n) is 15.0. The Morgan fingerprint density at radius 3 is 3.04 bits per heavy atom. The summed E-state index contributed by atoms with van der Waals surface area (Å²) in [5, 5.41) is 7.29. The molecule has 0 bridgehead atoms. The van der Waals surface area contributed by atoms with Gasteiger partial charge in [-0.1, -0.05) is 29.1 Å². The van der Waals surface area contributed by atoms with Crippen molar-refractivity contribution in [3.63, 3.8) is 0 Å². The summed E-state index contributed by atoms with van der Waals surface area (Å²) in [7, 11) is 0. The molecule has 0 spiro atoms. The van der Waals surface area contributed by atoms with Crippen molar-refractivity contribution in [3.05, 3.63) is 64.0 Å². The molecule has 1 amide bonds. The number of hydrogen-bond acceptors (Lipinski definition) is 6. The summed E-state index contributed by atoms with van der Waals surface area (Å²) < 4.78 is 20.6. The van der Waals surface area contributed by atoms with Crippen LogP contribution in [0.3, 0.4) is 0 Å². The van der Waals surface area contributed by atoms with Crippen molar-refractivity contribution in [2.45, 2.75) is 31.1 Å². The summed E-state index contributed by atoms with van der Waals surface area (Å²) in [5.41, 5.74) is 1.33. The second kappa shape index (κ2) is 7.59. The van der Waals surface area contributed by atoms with E-state index in [1.54, 1.807) is 35.8 Å². The third-order valence-corrected chi connectivity index (χ3v) is 5.50. The number of aryl methyl sites for hydroxylation is 1. The van der Waals surface area contributed by atoms with Crippen LogP contribution in [0.1, 0.15) is 23.9 Å². The molecule has 7 nitrogen and oxygen atoms in total. The standard InChI is InChI=1S/C19H17FN4O3S/c1-11-6-18(26)24-13(10-28-19(24)22-11)8-17(25)21-9-12-7-16(27-23-12)14-4-2-3-5-15(14)20/h2-7,13H,8-10H2,1H3,(H,21,25). The molecule has 1 unspecified atom stereocenters. The van der Waals surface area contributed by atoms with E-state index in [-0.39, 0.29) is 30.5 Å². The summed E-state index contributed by atoms with van der Waals surface area (Å²) in [6.45, 7) is 1.93. The topological polar surface area (TPSA) is 90.0 Å². The van der Waals surface area contributed by atoms with Crippen LogP contribution in [0.4, 0.5) is 4.39 Å². The zero-order chi connectivity index (χ0) is 19.7. The normalized spacial score (nSPS) is 15.4. The molecular formula is C19H17FN4O3S. The minimum absolute atomic E-state index is 0.142. The summed E-state index contributed by atoms with van der Waals surface area (Å²) in [5.74, 6) is 0.319. The number of thioether (sulfide) groups is 1. The van der Waals surface area contributed by atoms with Gasteiger partial charge in [0.25, 0.3) is 5.56 Å². The van der Waals surface area contributed by atoms with E-state index in [0.717, 1.165) is 0 Å². The van der Waals surface area contributed by atoms with E-state index in [2.05, 4.69) is 15.5 Å². The SMILES string of the molecule is Cc1cc(=O)n2c(n1)SCC2CC(=O)NCc1cc(-c2ccccc2F)on1. The largest absolute Gasteiger partial charge is 0.356 e. The lowest BCUT2D eigenvalue weighted by atomic mass is 10.1. The van der Waals surface area contributed by atoms with E-state index < -0.39 is 5.82 Å². The minimum Gasteiger partial charge on any atom is -0.356 e. The fraction of sp³-hybridized carbons (Fsp3) is 0.263. The molecule has 28 heavy (non-hydrogen) atoms. The van der Waals surface area contributed by atoms with Gasteiger partial charge in [-0.25, -0.2) is 9.37 Å². The van der Waals surface area contributed by atoms with E-state index in [1.807, 2.05) is 0 Å². The van der Waals surface area contributed by atoms with Crippen molar-refractivity contribution in [1.29, 1.82) is 0 Å². The summed E-state index contributed by atoms with van der Waals surface area (Å²) >= 11 is 1.47. The fourth-order valence-corrected chi connectivity index (χ4v) is 4.27. The van der Waals surface area contributed by atoms with Gasteiger partial charge in [0.15, 0.2) is 10.9 Å². The number of carbonyl (C=O) groups excluding carboxylic acids is 1. The third-order valence-electron chi connectivity index (χ3n) is 4.40. The minimum atomic E-state index is -0.402. The number of aromatic nitrogens is 3. The number of rotatable bonds is 5. The molecule has 9 heteroatoms. The molecule has 1 aromatic carbocycles. The van der Waals surface area contributed by atoms with Crippen LogP contribution in [0.2, 0.25) is 0 Å². The highest BCUT2D eigenvalue weighted by Gasteiger charge is 2.27. The molecule has 0 aliphatic carbocycles. The van der Waals surface area contributed by atoms with Gasteiger partial charge in [-0.3, -0.25) is 14.2 Å². The van der Waals surface area contributed by atoms with Crippen LogP contribution in [0.5, 0.6) is 0 Å². The maximum Gasteiger partial charge on any atom is 0.254 e. The van der Waals surface area contributed by atoms with Crippen molar-refractivity contribution in [1.82, 2.24) is 20.0 Å². The maximum absolute atomic E-state index is 13.8. The Balaban J connectivity index is 1.38. The van der Waals surface area contributed by atoms with E-state index in [4.69, 9.17) is 4.52 Å². The maximum atomic E-state index is 13.8. The lowest BCUT2D eigenvalue weighted by Gasteiger charge is -2.12. The average Bonchev–Trinajstić information content (AvgIpc) is 3.28. The van der Waals surface area contributed by atoms with Crippen LogP contribution >= 0.6 is 11.8 Å². The van der Waals surface area contributed by atoms with Gasteiger partial charge in [0, 0.05) is 30.0 Å². The Bertz CT molecular complexity index is 1090. The zero-order valence-corrected chi connectivity index (χ0v) is 15.8. The smallest absolute Gasteiger partial charge is 0.254 e. The van der Waals surface area contributed by atoms with Crippen LogP contribution in [-0.4, -0.2) is 26.4 Å². The molecule has 4 rings (SSSR count). The number of hydrogen-bond donors (Lipinski definition) is 1. The number of fused-ring (bicyclic) bond motifs is 1. The lowest BCUT2D eigenvalue weighted by molar-refractivity contribution is -0.121. The van der Waals surface area contributed by atoms with E-state index in [1.165, 1.54) is 23.9 Å². The Morgan fingerprint density at radius 1 is 1.39 bits per heavy atom.